The number of cyclic esters (lactones) is 1. The number of rotatable bonds is 5. The Morgan fingerprint density at radius 2 is 1.79 bits per heavy atom. The molecule has 1 saturated heterocycles. The minimum absolute atomic E-state index is 0.0737. The summed E-state index contributed by atoms with van der Waals surface area (Å²) in [7, 11) is 0. The van der Waals surface area contributed by atoms with Crippen molar-refractivity contribution in [2.75, 3.05) is 0 Å². The maximum Gasteiger partial charge on any atom is 0.308 e. The molecule has 0 bridgehead atoms. The lowest BCUT2D eigenvalue weighted by Gasteiger charge is -2.28. The SMILES string of the molecule is CC(C)c1c(O)c(C(C)C)c2c(c1CC[C@H]1C[C@H](O)CC(=O)O1)OC(C)(C)C2. The van der Waals surface area contributed by atoms with Crippen molar-refractivity contribution < 1.29 is 24.5 Å². The molecule has 28 heavy (non-hydrogen) atoms. The Hall–Kier alpha value is -1.75. The van der Waals surface area contributed by atoms with Gasteiger partial charge >= 0.3 is 5.97 Å². The zero-order valence-electron chi connectivity index (χ0n) is 18.0. The molecule has 2 heterocycles. The van der Waals surface area contributed by atoms with Gasteiger partial charge in [-0.2, -0.15) is 0 Å². The van der Waals surface area contributed by atoms with Crippen LogP contribution in [0.5, 0.6) is 11.5 Å². The first-order valence-electron chi connectivity index (χ1n) is 10.5. The average molecular weight is 391 g/mol. The summed E-state index contributed by atoms with van der Waals surface area (Å²) >= 11 is 0. The van der Waals surface area contributed by atoms with Gasteiger partial charge in [-0.15, -0.1) is 0 Å². The molecule has 0 aromatic heterocycles. The van der Waals surface area contributed by atoms with Gasteiger partial charge in [0.25, 0.3) is 0 Å². The number of fused-ring (bicyclic) bond motifs is 1. The first-order valence-corrected chi connectivity index (χ1v) is 10.5. The fourth-order valence-corrected chi connectivity index (χ4v) is 4.73. The van der Waals surface area contributed by atoms with Crippen LogP contribution >= 0.6 is 0 Å². The van der Waals surface area contributed by atoms with Crippen molar-refractivity contribution in [3.05, 3.63) is 22.3 Å². The molecular formula is C23H34O5. The molecule has 2 aliphatic heterocycles. The number of phenolic OH excluding ortho intramolecular Hbond substituents is 1. The maximum absolute atomic E-state index is 11.7. The Labute approximate surface area is 168 Å². The number of carbonyl (C=O) groups excluding carboxylic acids is 1. The first kappa shape index (κ1) is 21.0. The number of benzene rings is 1. The number of aliphatic hydroxyl groups is 1. The molecule has 2 N–H and O–H groups in total. The molecule has 0 saturated carbocycles. The topological polar surface area (TPSA) is 76.0 Å². The maximum atomic E-state index is 11.7. The molecular weight excluding hydrogens is 356 g/mol. The van der Waals surface area contributed by atoms with Crippen LogP contribution in [-0.4, -0.2) is 34.0 Å². The van der Waals surface area contributed by atoms with E-state index in [0.29, 0.717) is 25.0 Å². The van der Waals surface area contributed by atoms with E-state index >= 15 is 0 Å². The summed E-state index contributed by atoms with van der Waals surface area (Å²) in [4.78, 5) is 11.7. The molecule has 0 amide bonds. The molecule has 2 aliphatic rings. The van der Waals surface area contributed by atoms with Crippen molar-refractivity contribution in [3.8, 4) is 11.5 Å². The lowest BCUT2D eigenvalue weighted by molar-refractivity contribution is -0.160. The highest BCUT2D eigenvalue weighted by Gasteiger charge is 2.38. The number of hydrogen-bond acceptors (Lipinski definition) is 5. The summed E-state index contributed by atoms with van der Waals surface area (Å²) in [5, 5.41) is 21.1. The van der Waals surface area contributed by atoms with E-state index in [1.165, 1.54) is 0 Å². The predicted octanol–water partition coefficient (Wildman–Crippen LogP) is 4.35. The average Bonchev–Trinajstić information content (AvgIpc) is 2.85. The normalized spacial score (nSPS) is 23.7. The fourth-order valence-electron chi connectivity index (χ4n) is 4.73. The molecule has 0 spiro atoms. The highest BCUT2D eigenvalue weighted by Crippen LogP contribution is 2.50. The van der Waals surface area contributed by atoms with E-state index in [4.69, 9.17) is 9.47 Å². The Bertz CT molecular complexity index is 763. The summed E-state index contributed by atoms with van der Waals surface area (Å²) in [6.07, 6.45) is 1.63. The van der Waals surface area contributed by atoms with Gasteiger partial charge in [0.15, 0.2) is 0 Å². The van der Waals surface area contributed by atoms with Crippen molar-refractivity contribution in [2.45, 2.75) is 103 Å². The van der Waals surface area contributed by atoms with Crippen LogP contribution in [0.2, 0.25) is 0 Å². The van der Waals surface area contributed by atoms with Crippen LogP contribution in [0, 0.1) is 0 Å². The Morgan fingerprint density at radius 1 is 1.14 bits per heavy atom. The fraction of sp³-hybridized carbons (Fsp3) is 0.696. The van der Waals surface area contributed by atoms with E-state index in [2.05, 4.69) is 41.5 Å². The van der Waals surface area contributed by atoms with Gasteiger partial charge in [-0.05, 0) is 38.5 Å². The summed E-state index contributed by atoms with van der Waals surface area (Å²) < 4.78 is 11.8. The van der Waals surface area contributed by atoms with Gasteiger partial charge in [0, 0.05) is 35.1 Å². The second-order valence-electron chi connectivity index (χ2n) is 9.55. The number of ether oxygens (including phenoxy) is 2. The number of aromatic hydroxyl groups is 1. The van der Waals surface area contributed by atoms with Crippen LogP contribution < -0.4 is 4.74 Å². The molecule has 5 heteroatoms. The van der Waals surface area contributed by atoms with Crippen molar-refractivity contribution in [1.29, 1.82) is 0 Å². The van der Waals surface area contributed by atoms with E-state index < -0.39 is 6.10 Å². The highest BCUT2D eigenvalue weighted by atomic mass is 16.5. The molecule has 0 unspecified atom stereocenters. The van der Waals surface area contributed by atoms with Gasteiger partial charge in [-0.3, -0.25) is 4.79 Å². The van der Waals surface area contributed by atoms with Crippen LogP contribution in [0.15, 0.2) is 0 Å². The molecule has 1 aromatic rings. The largest absolute Gasteiger partial charge is 0.507 e. The molecule has 2 atom stereocenters. The molecule has 1 fully saturated rings. The van der Waals surface area contributed by atoms with E-state index in [1.807, 2.05) is 0 Å². The molecule has 156 valence electrons. The number of aliphatic hydroxyl groups excluding tert-OH is 1. The lowest BCUT2D eigenvalue weighted by Crippen LogP contribution is -2.32. The Morgan fingerprint density at radius 3 is 2.36 bits per heavy atom. The van der Waals surface area contributed by atoms with Crippen molar-refractivity contribution in [2.24, 2.45) is 0 Å². The summed E-state index contributed by atoms with van der Waals surface area (Å²) in [6, 6.07) is 0. The van der Waals surface area contributed by atoms with Crippen LogP contribution in [0.25, 0.3) is 0 Å². The third kappa shape index (κ3) is 4.00. The quantitative estimate of drug-likeness (QED) is 0.731. The lowest BCUT2D eigenvalue weighted by atomic mass is 9.82. The van der Waals surface area contributed by atoms with E-state index in [-0.39, 0.29) is 35.9 Å². The molecule has 5 nitrogen and oxygen atoms in total. The monoisotopic (exact) mass is 390 g/mol. The van der Waals surface area contributed by atoms with Crippen LogP contribution in [0.3, 0.4) is 0 Å². The molecule has 1 aromatic carbocycles. The minimum Gasteiger partial charge on any atom is -0.507 e. The number of carbonyl (C=O) groups is 1. The van der Waals surface area contributed by atoms with E-state index in [0.717, 1.165) is 34.4 Å². The summed E-state index contributed by atoms with van der Waals surface area (Å²) in [5.74, 6) is 1.30. The first-order chi connectivity index (χ1) is 13.0. The summed E-state index contributed by atoms with van der Waals surface area (Å²) in [6.45, 7) is 12.5. The highest BCUT2D eigenvalue weighted by molar-refractivity contribution is 5.71. The van der Waals surface area contributed by atoms with Crippen LogP contribution in [-0.2, 0) is 22.4 Å². The number of phenols is 1. The van der Waals surface area contributed by atoms with Crippen molar-refractivity contribution in [3.63, 3.8) is 0 Å². The minimum atomic E-state index is -0.631. The van der Waals surface area contributed by atoms with Crippen molar-refractivity contribution >= 4 is 5.97 Å². The summed E-state index contributed by atoms with van der Waals surface area (Å²) in [5.41, 5.74) is 3.75. The second-order valence-corrected chi connectivity index (χ2v) is 9.55. The van der Waals surface area contributed by atoms with Gasteiger partial charge < -0.3 is 19.7 Å². The molecule has 0 radical (unpaired) electrons. The zero-order chi connectivity index (χ0) is 20.8. The van der Waals surface area contributed by atoms with E-state index in [1.54, 1.807) is 0 Å². The second kappa shape index (κ2) is 7.58. The van der Waals surface area contributed by atoms with Gasteiger partial charge in [-0.25, -0.2) is 0 Å². The van der Waals surface area contributed by atoms with Crippen LogP contribution in [0.4, 0.5) is 0 Å². The van der Waals surface area contributed by atoms with E-state index in [9.17, 15) is 15.0 Å². The third-order valence-electron chi connectivity index (χ3n) is 5.80. The van der Waals surface area contributed by atoms with Gasteiger partial charge in [0.2, 0.25) is 0 Å². The predicted molar refractivity (Wildman–Crippen MR) is 108 cm³/mol. The van der Waals surface area contributed by atoms with Gasteiger partial charge in [0.1, 0.15) is 23.2 Å². The van der Waals surface area contributed by atoms with Gasteiger partial charge in [0.05, 0.1) is 12.5 Å². The number of hydrogen-bond donors (Lipinski definition) is 2. The van der Waals surface area contributed by atoms with Crippen molar-refractivity contribution in [1.82, 2.24) is 0 Å². The smallest absolute Gasteiger partial charge is 0.308 e. The Kier molecular flexibility index (Phi) is 5.68. The zero-order valence-corrected chi connectivity index (χ0v) is 18.0. The Balaban J connectivity index is 2.01. The molecule has 3 rings (SSSR count). The molecule has 0 aliphatic carbocycles. The third-order valence-corrected chi connectivity index (χ3v) is 5.80. The van der Waals surface area contributed by atoms with Crippen LogP contribution in [0.1, 0.15) is 94.9 Å². The van der Waals surface area contributed by atoms with Gasteiger partial charge in [-0.1, -0.05) is 27.7 Å². The number of esters is 1. The standard InChI is InChI=1S/C23H34O5/c1-12(2)19-16(8-7-15-9-14(24)10-18(25)27-15)22-17(11-23(5,6)28-22)20(13(3)4)21(19)26/h12-15,24,26H,7-11H2,1-6H3/t14-,15-/m0/s1.